The van der Waals surface area contributed by atoms with Crippen LogP contribution >= 0.6 is 11.6 Å². The fourth-order valence-electron chi connectivity index (χ4n) is 1.97. The van der Waals surface area contributed by atoms with Gasteiger partial charge in [0.25, 0.3) is 0 Å². The lowest BCUT2D eigenvalue weighted by Gasteiger charge is -2.12. The standard InChI is InChI=1S/C14H14ClN3O4S/c1-4-21-12-7-10(8-16)5-6-11(12)22-23(19,20)13-9(2)17-18(3)14(13)15/h5-7H,4H2,1-3H3. The minimum absolute atomic E-state index is 0.0230. The van der Waals surface area contributed by atoms with Gasteiger partial charge in [-0.2, -0.15) is 18.8 Å². The third kappa shape index (κ3) is 3.41. The Labute approximate surface area is 139 Å². The average molecular weight is 356 g/mol. The second kappa shape index (κ2) is 6.48. The summed E-state index contributed by atoms with van der Waals surface area (Å²) in [7, 11) is -2.66. The summed E-state index contributed by atoms with van der Waals surface area (Å²) in [6, 6.07) is 6.16. The maximum absolute atomic E-state index is 12.5. The van der Waals surface area contributed by atoms with Gasteiger partial charge in [0, 0.05) is 13.1 Å². The minimum Gasteiger partial charge on any atom is -0.490 e. The summed E-state index contributed by atoms with van der Waals surface area (Å²) < 4.78 is 36.7. The predicted octanol–water partition coefficient (Wildman–Crippen LogP) is 2.42. The van der Waals surface area contributed by atoms with Crippen LogP contribution in [0.4, 0.5) is 0 Å². The molecule has 7 nitrogen and oxygen atoms in total. The van der Waals surface area contributed by atoms with E-state index in [0.29, 0.717) is 5.56 Å². The first-order valence-corrected chi connectivity index (χ1v) is 8.39. The predicted molar refractivity (Wildman–Crippen MR) is 83.1 cm³/mol. The quantitative estimate of drug-likeness (QED) is 0.764. The van der Waals surface area contributed by atoms with Crippen molar-refractivity contribution in [1.82, 2.24) is 9.78 Å². The SMILES string of the molecule is CCOc1cc(C#N)ccc1OS(=O)(=O)c1c(C)nn(C)c1Cl. The highest BCUT2D eigenvalue weighted by Gasteiger charge is 2.28. The number of nitrogens with zero attached hydrogens (tertiary/aromatic N) is 3. The van der Waals surface area contributed by atoms with E-state index in [1.807, 2.05) is 6.07 Å². The maximum Gasteiger partial charge on any atom is 0.344 e. The van der Waals surface area contributed by atoms with E-state index in [1.54, 1.807) is 6.92 Å². The first-order valence-electron chi connectivity index (χ1n) is 6.60. The molecule has 0 saturated carbocycles. The molecule has 122 valence electrons. The van der Waals surface area contributed by atoms with Gasteiger partial charge < -0.3 is 8.92 Å². The molecule has 1 aromatic heterocycles. The van der Waals surface area contributed by atoms with Gasteiger partial charge in [0.15, 0.2) is 16.4 Å². The van der Waals surface area contributed by atoms with Crippen LogP contribution in [-0.2, 0) is 17.2 Å². The fourth-order valence-corrected chi connectivity index (χ4v) is 3.63. The van der Waals surface area contributed by atoms with Gasteiger partial charge in [0.1, 0.15) is 5.15 Å². The van der Waals surface area contributed by atoms with Crippen LogP contribution in [0.5, 0.6) is 11.5 Å². The van der Waals surface area contributed by atoms with E-state index >= 15 is 0 Å². The Balaban J connectivity index is 2.47. The van der Waals surface area contributed by atoms with Crippen molar-refractivity contribution in [3.05, 3.63) is 34.6 Å². The molecule has 0 fully saturated rings. The second-order valence-corrected chi connectivity index (χ2v) is 6.41. The molecule has 1 aromatic carbocycles. The van der Waals surface area contributed by atoms with E-state index in [9.17, 15) is 8.42 Å². The van der Waals surface area contributed by atoms with Crippen LogP contribution in [0.3, 0.4) is 0 Å². The van der Waals surface area contributed by atoms with Crippen molar-refractivity contribution in [3.63, 3.8) is 0 Å². The number of benzene rings is 1. The zero-order valence-corrected chi connectivity index (χ0v) is 14.3. The molecule has 2 rings (SSSR count). The van der Waals surface area contributed by atoms with Gasteiger partial charge in [-0.15, -0.1) is 0 Å². The van der Waals surface area contributed by atoms with Gasteiger partial charge in [-0.25, -0.2) is 0 Å². The molecule has 0 amide bonds. The average Bonchev–Trinajstić information content (AvgIpc) is 2.74. The van der Waals surface area contributed by atoms with Crippen LogP contribution in [0.15, 0.2) is 23.1 Å². The Kier molecular flexibility index (Phi) is 4.82. The van der Waals surface area contributed by atoms with E-state index in [4.69, 9.17) is 25.8 Å². The van der Waals surface area contributed by atoms with Crippen LogP contribution < -0.4 is 8.92 Å². The van der Waals surface area contributed by atoms with E-state index in [-0.39, 0.29) is 33.8 Å². The third-order valence-corrected chi connectivity index (χ3v) is 4.86. The highest BCUT2D eigenvalue weighted by Crippen LogP contribution is 2.33. The van der Waals surface area contributed by atoms with Gasteiger partial charge in [0.05, 0.1) is 23.9 Å². The van der Waals surface area contributed by atoms with Gasteiger partial charge in [0.2, 0.25) is 0 Å². The van der Waals surface area contributed by atoms with E-state index in [0.717, 1.165) is 0 Å². The summed E-state index contributed by atoms with van der Waals surface area (Å²) in [5.74, 6) is 0.137. The van der Waals surface area contributed by atoms with Crippen molar-refractivity contribution in [2.45, 2.75) is 18.7 Å². The van der Waals surface area contributed by atoms with Gasteiger partial charge in [-0.3, -0.25) is 4.68 Å². The van der Waals surface area contributed by atoms with Crippen LogP contribution in [0, 0.1) is 18.3 Å². The Bertz CT molecular complexity index is 884. The number of rotatable bonds is 5. The topological polar surface area (TPSA) is 94.2 Å². The van der Waals surface area contributed by atoms with E-state index in [1.165, 1.54) is 36.9 Å². The molecular weight excluding hydrogens is 342 g/mol. The van der Waals surface area contributed by atoms with Crippen LogP contribution in [0.2, 0.25) is 5.15 Å². The highest BCUT2D eigenvalue weighted by molar-refractivity contribution is 7.87. The number of ether oxygens (including phenoxy) is 1. The molecule has 0 unspecified atom stereocenters. The maximum atomic E-state index is 12.5. The number of nitriles is 1. The molecule has 0 radical (unpaired) electrons. The summed E-state index contributed by atoms with van der Waals surface area (Å²) in [4.78, 5) is -0.200. The summed E-state index contributed by atoms with van der Waals surface area (Å²) in [5.41, 5.74) is 0.554. The normalized spacial score (nSPS) is 11.1. The lowest BCUT2D eigenvalue weighted by atomic mass is 10.2. The number of hydrogen-bond acceptors (Lipinski definition) is 6. The molecule has 0 aliphatic rings. The fraction of sp³-hybridized carbons (Fsp3) is 0.286. The summed E-state index contributed by atoms with van der Waals surface area (Å²) in [6.07, 6.45) is 0. The second-order valence-electron chi connectivity index (χ2n) is 4.57. The summed E-state index contributed by atoms with van der Waals surface area (Å²) in [6.45, 7) is 3.54. The Morgan fingerprint density at radius 1 is 1.39 bits per heavy atom. The molecule has 2 aromatic rings. The van der Waals surface area contributed by atoms with Gasteiger partial charge in [-0.05, 0) is 26.0 Å². The smallest absolute Gasteiger partial charge is 0.344 e. The molecule has 0 aliphatic carbocycles. The Morgan fingerprint density at radius 2 is 2.09 bits per heavy atom. The molecule has 0 saturated heterocycles. The van der Waals surface area contributed by atoms with Crippen molar-refractivity contribution in [2.24, 2.45) is 7.05 Å². The molecular formula is C14H14ClN3O4S. The lowest BCUT2D eigenvalue weighted by molar-refractivity contribution is 0.327. The lowest BCUT2D eigenvalue weighted by Crippen LogP contribution is -2.12. The third-order valence-electron chi connectivity index (χ3n) is 2.92. The molecule has 9 heteroatoms. The largest absolute Gasteiger partial charge is 0.490 e. The van der Waals surface area contributed by atoms with Crippen LogP contribution in [0.25, 0.3) is 0 Å². The number of hydrogen-bond donors (Lipinski definition) is 0. The van der Waals surface area contributed by atoms with E-state index in [2.05, 4.69) is 5.10 Å². The van der Waals surface area contributed by atoms with Crippen LogP contribution in [0.1, 0.15) is 18.2 Å². The Hall–Kier alpha value is -2.24. The minimum atomic E-state index is -4.19. The number of aryl methyl sites for hydroxylation is 2. The molecule has 23 heavy (non-hydrogen) atoms. The van der Waals surface area contributed by atoms with Crippen molar-refractivity contribution in [1.29, 1.82) is 5.26 Å². The van der Waals surface area contributed by atoms with Crippen molar-refractivity contribution in [3.8, 4) is 17.6 Å². The molecule has 0 spiro atoms. The molecule has 0 bridgehead atoms. The molecule has 0 atom stereocenters. The highest BCUT2D eigenvalue weighted by atomic mass is 35.5. The zero-order valence-electron chi connectivity index (χ0n) is 12.7. The summed E-state index contributed by atoms with van der Waals surface area (Å²) in [5, 5.41) is 12.8. The van der Waals surface area contributed by atoms with Crippen molar-refractivity contribution < 1.29 is 17.3 Å². The first kappa shape index (κ1) is 17.1. The Morgan fingerprint density at radius 3 is 2.61 bits per heavy atom. The molecule has 0 aliphatic heterocycles. The summed E-state index contributed by atoms with van der Waals surface area (Å²) >= 11 is 5.98. The number of aromatic nitrogens is 2. The van der Waals surface area contributed by atoms with Crippen LogP contribution in [-0.4, -0.2) is 24.8 Å². The van der Waals surface area contributed by atoms with Crippen molar-refractivity contribution >= 4 is 21.7 Å². The van der Waals surface area contributed by atoms with E-state index < -0.39 is 10.1 Å². The molecule has 0 N–H and O–H groups in total. The van der Waals surface area contributed by atoms with Crippen molar-refractivity contribution in [2.75, 3.05) is 6.61 Å². The zero-order chi connectivity index (χ0) is 17.2. The monoisotopic (exact) mass is 355 g/mol. The van der Waals surface area contributed by atoms with Gasteiger partial charge >= 0.3 is 10.1 Å². The first-order chi connectivity index (χ1) is 10.8. The van der Waals surface area contributed by atoms with Gasteiger partial charge in [-0.1, -0.05) is 11.6 Å². The number of halogens is 1. The molecule has 1 heterocycles.